The zero-order valence-corrected chi connectivity index (χ0v) is 15.9. The van der Waals surface area contributed by atoms with Crippen molar-refractivity contribution in [2.75, 3.05) is 43.1 Å². The Morgan fingerprint density at radius 3 is 2.62 bits per heavy atom. The smallest absolute Gasteiger partial charge is 0.340 e. The van der Waals surface area contributed by atoms with E-state index >= 15 is 0 Å². The van der Waals surface area contributed by atoms with Gasteiger partial charge in [-0.25, -0.2) is 4.79 Å². The summed E-state index contributed by atoms with van der Waals surface area (Å²) in [5, 5.41) is 2.89. The maximum atomic E-state index is 12.5. The minimum absolute atomic E-state index is 0.0227. The molecule has 0 atom stereocenters. The van der Waals surface area contributed by atoms with E-state index < -0.39 is 0 Å². The normalized spacial score (nSPS) is 14.2. The minimum atomic E-state index is -0.351. The van der Waals surface area contributed by atoms with Crippen molar-refractivity contribution in [3.8, 4) is 0 Å². The third-order valence-electron chi connectivity index (χ3n) is 4.30. The number of benzene rings is 1. The van der Waals surface area contributed by atoms with Crippen molar-refractivity contribution in [1.29, 1.82) is 0 Å². The molecule has 0 bridgehead atoms. The second-order valence-corrected chi connectivity index (χ2v) is 6.47. The SMILES string of the molecule is CCCCCC(=O)Nc1ccc(N2CCOCC2)c(C(=O)OCCC)c1. The van der Waals surface area contributed by atoms with Crippen molar-refractivity contribution in [3.63, 3.8) is 0 Å². The molecule has 1 saturated heterocycles. The van der Waals surface area contributed by atoms with Crippen molar-refractivity contribution < 1.29 is 19.1 Å². The standard InChI is InChI=1S/C20H30N2O4/c1-3-5-6-7-19(23)21-16-8-9-18(22-10-13-25-14-11-22)17(15-16)20(24)26-12-4-2/h8-9,15H,3-7,10-14H2,1-2H3,(H,21,23). The van der Waals surface area contributed by atoms with Crippen molar-refractivity contribution in [2.45, 2.75) is 46.0 Å². The van der Waals surface area contributed by atoms with Gasteiger partial charge in [-0.2, -0.15) is 0 Å². The predicted octanol–water partition coefficient (Wildman–Crippen LogP) is 3.61. The van der Waals surface area contributed by atoms with Crippen molar-refractivity contribution in [1.82, 2.24) is 0 Å². The van der Waals surface area contributed by atoms with Crippen molar-refractivity contribution >= 4 is 23.3 Å². The molecule has 2 rings (SSSR count). The van der Waals surface area contributed by atoms with E-state index in [4.69, 9.17) is 9.47 Å². The molecule has 0 radical (unpaired) electrons. The van der Waals surface area contributed by atoms with Gasteiger partial charge in [-0.15, -0.1) is 0 Å². The predicted molar refractivity (Wildman–Crippen MR) is 103 cm³/mol. The number of amides is 1. The molecular weight excluding hydrogens is 332 g/mol. The summed E-state index contributed by atoms with van der Waals surface area (Å²) in [6.45, 7) is 7.20. The lowest BCUT2D eigenvalue weighted by atomic mass is 10.1. The van der Waals surface area contributed by atoms with Gasteiger partial charge in [-0.3, -0.25) is 4.79 Å². The van der Waals surface area contributed by atoms with Crippen LogP contribution in [0.15, 0.2) is 18.2 Å². The van der Waals surface area contributed by atoms with Crippen LogP contribution < -0.4 is 10.2 Å². The van der Waals surface area contributed by atoms with Gasteiger partial charge in [0.25, 0.3) is 0 Å². The zero-order chi connectivity index (χ0) is 18.8. The molecule has 1 amide bonds. The molecule has 0 saturated carbocycles. The number of hydrogen-bond acceptors (Lipinski definition) is 5. The quantitative estimate of drug-likeness (QED) is 0.537. The first-order chi connectivity index (χ1) is 12.7. The first-order valence-electron chi connectivity index (χ1n) is 9.59. The molecule has 1 aliphatic rings. The van der Waals surface area contributed by atoms with Crippen LogP contribution in [-0.4, -0.2) is 44.8 Å². The van der Waals surface area contributed by atoms with Crippen LogP contribution in [0.5, 0.6) is 0 Å². The number of morpholine rings is 1. The fourth-order valence-electron chi connectivity index (χ4n) is 2.89. The topological polar surface area (TPSA) is 67.9 Å². The van der Waals surface area contributed by atoms with E-state index in [2.05, 4.69) is 17.1 Å². The summed E-state index contributed by atoms with van der Waals surface area (Å²) in [5.41, 5.74) is 1.96. The summed E-state index contributed by atoms with van der Waals surface area (Å²) in [7, 11) is 0. The van der Waals surface area contributed by atoms with Gasteiger partial charge in [0, 0.05) is 25.2 Å². The summed E-state index contributed by atoms with van der Waals surface area (Å²) in [4.78, 5) is 26.7. The number of anilines is 2. The average molecular weight is 362 g/mol. The number of esters is 1. The van der Waals surface area contributed by atoms with Gasteiger partial charge >= 0.3 is 5.97 Å². The first-order valence-corrected chi connectivity index (χ1v) is 9.59. The van der Waals surface area contributed by atoms with E-state index in [9.17, 15) is 9.59 Å². The Kier molecular flexibility index (Phi) is 8.41. The Bertz CT molecular complexity index is 597. The number of nitrogens with one attached hydrogen (secondary N) is 1. The lowest BCUT2D eigenvalue weighted by Gasteiger charge is -2.30. The lowest BCUT2D eigenvalue weighted by Crippen LogP contribution is -2.37. The highest BCUT2D eigenvalue weighted by atomic mass is 16.5. The van der Waals surface area contributed by atoms with E-state index in [0.29, 0.717) is 37.5 Å². The number of nitrogens with zero attached hydrogens (tertiary/aromatic N) is 1. The number of unbranched alkanes of at least 4 members (excludes halogenated alkanes) is 2. The Morgan fingerprint density at radius 1 is 1.15 bits per heavy atom. The molecule has 0 aromatic heterocycles. The van der Waals surface area contributed by atoms with Gasteiger partial charge in [0.05, 0.1) is 31.1 Å². The molecule has 0 aliphatic carbocycles. The molecule has 1 heterocycles. The average Bonchev–Trinajstić information content (AvgIpc) is 2.67. The van der Waals surface area contributed by atoms with Crippen LogP contribution in [0.3, 0.4) is 0 Å². The van der Waals surface area contributed by atoms with E-state index in [1.807, 2.05) is 19.1 Å². The van der Waals surface area contributed by atoms with Gasteiger partial charge in [-0.1, -0.05) is 26.7 Å². The number of carbonyl (C=O) groups is 2. The van der Waals surface area contributed by atoms with E-state index in [-0.39, 0.29) is 11.9 Å². The lowest BCUT2D eigenvalue weighted by molar-refractivity contribution is -0.116. The number of rotatable bonds is 9. The Balaban J connectivity index is 2.15. The molecule has 0 spiro atoms. The fraction of sp³-hybridized carbons (Fsp3) is 0.600. The molecule has 1 N–H and O–H groups in total. The minimum Gasteiger partial charge on any atom is -0.462 e. The molecule has 1 aromatic rings. The summed E-state index contributed by atoms with van der Waals surface area (Å²) >= 11 is 0. The van der Waals surface area contributed by atoms with E-state index in [1.165, 1.54) is 0 Å². The Hall–Kier alpha value is -2.08. The van der Waals surface area contributed by atoms with Crippen LogP contribution in [0.2, 0.25) is 0 Å². The summed E-state index contributed by atoms with van der Waals surface area (Å²) < 4.78 is 10.7. The maximum absolute atomic E-state index is 12.5. The van der Waals surface area contributed by atoms with Crippen molar-refractivity contribution in [3.05, 3.63) is 23.8 Å². The molecule has 1 fully saturated rings. The van der Waals surface area contributed by atoms with Crippen LogP contribution in [0, 0.1) is 0 Å². The molecule has 6 heteroatoms. The van der Waals surface area contributed by atoms with Gasteiger partial charge in [0.15, 0.2) is 0 Å². The molecule has 144 valence electrons. The summed E-state index contributed by atoms with van der Waals surface area (Å²) in [6.07, 6.45) is 4.26. The Labute approximate surface area is 155 Å². The largest absolute Gasteiger partial charge is 0.462 e. The van der Waals surface area contributed by atoms with E-state index in [0.717, 1.165) is 44.5 Å². The molecule has 1 aliphatic heterocycles. The van der Waals surface area contributed by atoms with Crippen LogP contribution >= 0.6 is 0 Å². The molecule has 0 unspecified atom stereocenters. The highest BCUT2D eigenvalue weighted by Crippen LogP contribution is 2.26. The second kappa shape index (κ2) is 10.8. The highest BCUT2D eigenvalue weighted by Gasteiger charge is 2.20. The second-order valence-electron chi connectivity index (χ2n) is 6.47. The van der Waals surface area contributed by atoms with E-state index in [1.54, 1.807) is 6.07 Å². The molecule has 6 nitrogen and oxygen atoms in total. The first kappa shape index (κ1) is 20.2. The summed E-state index contributed by atoms with van der Waals surface area (Å²) in [5.74, 6) is -0.374. The van der Waals surface area contributed by atoms with Gasteiger partial charge in [0.2, 0.25) is 5.91 Å². The summed E-state index contributed by atoms with van der Waals surface area (Å²) in [6, 6.07) is 5.45. The molecule has 26 heavy (non-hydrogen) atoms. The van der Waals surface area contributed by atoms with Crippen LogP contribution in [-0.2, 0) is 14.3 Å². The number of ether oxygens (including phenoxy) is 2. The van der Waals surface area contributed by atoms with Crippen LogP contribution in [0.25, 0.3) is 0 Å². The van der Waals surface area contributed by atoms with Gasteiger partial charge < -0.3 is 19.7 Å². The number of hydrogen-bond donors (Lipinski definition) is 1. The zero-order valence-electron chi connectivity index (χ0n) is 15.9. The van der Waals surface area contributed by atoms with Crippen LogP contribution in [0.4, 0.5) is 11.4 Å². The third kappa shape index (κ3) is 6.02. The Morgan fingerprint density at radius 2 is 1.92 bits per heavy atom. The maximum Gasteiger partial charge on any atom is 0.340 e. The van der Waals surface area contributed by atoms with Gasteiger partial charge in [0.1, 0.15) is 0 Å². The molecular formula is C20H30N2O4. The van der Waals surface area contributed by atoms with Gasteiger partial charge in [-0.05, 0) is 31.0 Å². The molecule has 1 aromatic carbocycles. The van der Waals surface area contributed by atoms with Crippen LogP contribution in [0.1, 0.15) is 56.3 Å². The third-order valence-corrected chi connectivity index (χ3v) is 4.30. The highest BCUT2D eigenvalue weighted by molar-refractivity contribution is 5.99. The fourth-order valence-corrected chi connectivity index (χ4v) is 2.89. The van der Waals surface area contributed by atoms with Crippen molar-refractivity contribution in [2.24, 2.45) is 0 Å². The number of carbonyl (C=O) groups excluding carboxylic acids is 2. The monoisotopic (exact) mass is 362 g/mol.